The SMILES string of the molecule is CNc1ncnc(-c2ccoc2)c1[N+](=O)[O-]. The second kappa shape index (κ2) is 3.97. The monoisotopic (exact) mass is 220 g/mol. The normalized spacial score (nSPS) is 10.1. The van der Waals surface area contributed by atoms with Crippen LogP contribution < -0.4 is 5.32 Å². The Balaban J connectivity index is 2.65. The standard InChI is InChI=1S/C9H8N4O3/c1-10-9-8(13(14)15)7(11-5-12-9)6-2-3-16-4-6/h2-5H,1H3,(H,10,11,12). The number of nitrogens with one attached hydrogen (secondary N) is 1. The van der Waals surface area contributed by atoms with E-state index in [4.69, 9.17) is 4.42 Å². The molecule has 7 heteroatoms. The van der Waals surface area contributed by atoms with Crippen molar-refractivity contribution in [2.24, 2.45) is 0 Å². The Morgan fingerprint density at radius 3 is 2.88 bits per heavy atom. The summed E-state index contributed by atoms with van der Waals surface area (Å²) in [4.78, 5) is 18.1. The third-order valence-corrected chi connectivity index (χ3v) is 2.04. The van der Waals surface area contributed by atoms with Crippen LogP contribution in [0.1, 0.15) is 0 Å². The summed E-state index contributed by atoms with van der Waals surface area (Å²) >= 11 is 0. The molecule has 0 radical (unpaired) electrons. The highest BCUT2D eigenvalue weighted by molar-refractivity contribution is 5.75. The van der Waals surface area contributed by atoms with E-state index < -0.39 is 4.92 Å². The number of hydrogen-bond acceptors (Lipinski definition) is 6. The zero-order valence-corrected chi connectivity index (χ0v) is 8.38. The summed E-state index contributed by atoms with van der Waals surface area (Å²) in [5.74, 6) is 0.177. The Bertz CT molecular complexity index is 509. The van der Waals surface area contributed by atoms with E-state index in [0.717, 1.165) is 0 Å². The van der Waals surface area contributed by atoms with Crippen molar-refractivity contribution >= 4 is 11.5 Å². The van der Waals surface area contributed by atoms with Crippen LogP contribution in [0.3, 0.4) is 0 Å². The molecule has 16 heavy (non-hydrogen) atoms. The molecule has 2 rings (SSSR count). The Labute approximate surface area is 90.3 Å². The summed E-state index contributed by atoms with van der Waals surface area (Å²) < 4.78 is 4.87. The second-order valence-corrected chi connectivity index (χ2v) is 2.94. The number of nitrogens with zero attached hydrogens (tertiary/aromatic N) is 3. The number of rotatable bonds is 3. The van der Waals surface area contributed by atoms with Crippen LogP contribution in [0.2, 0.25) is 0 Å². The van der Waals surface area contributed by atoms with Crippen molar-refractivity contribution in [3.05, 3.63) is 35.0 Å². The van der Waals surface area contributed by atoms with Crippen molar-refractivity contribution in [1.82, 2.24) is 9.97 Å². The van der Waals surface area contributed by atoms with Gasteiger partial charge in [-0.3, -0.25) is 10.1 Å². The number of anilines is 1. The summed E-state index contributed by atoms with van der Waals surface area (Å²) in [7, 11) is 1.56. The van der Waals surface area contributed by atoms with Crippen molar-refractivity contribution in [3.8, 4) is 11.3 Å². The first-order valence-electron chi connectivity index (χ1n) is 4.43. The maximum Gasteiger partial charge on any atom is 0.337 e. The number of nitro groups is 1. The highest BCUT2D eigenvalue weighted by Crippen LogP contribution is 2.32. The van der Waals surface area contributed by atoms with E-state index in [1.165, 1.54) is 18.9 Å². The lowest BCUT2D eigenvalue weighted by atomic mass is 10.2. The second-order valence-electron chi connectivity index (χ2n) is 2.94. The topological polar surface area (TPSA) is 94.1 Å². The fourth-order valence-corrected chi connectivity index (χ4v) is 1.35. The number of hydrogen-bond donors (Lipinski definition) is 1. The predicted molar refractivity (Wildman–Crippen MR) is 55.9 cm³/mol. The molecule has 1 N–H and O–H groups in total. The van der Waals surface area contributed by atoms with Gasteiger partial charge in [0.1, 0.15) is 6.33 Å². The molecule has 2 aromatic heterocycles. The average molecular weight is 220 g/mol. The summed E-state index contributed by atoms with van der Waals surface area (Å²) in [6.07, 6.45) is 4.09. The van der Waals surface area contributed by atoms with Crippen LogP contribution in [0.25, 0.3) is 11.3 Å². The molecule has 0 bridgehead atoms. The molecule has 0 amide bonds. The van der Waals surface area contributed by atoms with Gasteiger partial charge in [0.15, 0.2) is 5.69 Å². The van der Waals surface area contributed by atoms with Crippen molar-refractivity contribution in [2.75, 3.05) is 12.4 Å². The molecule has 0 aliphatic heterocycles. The Morgan fingerprint density at radius 2 is 2.31 bits per heavy atom. The van der Waals surface area contributed by atoms with Crippen LogP contribution in [0.5, 0.6) is 0 Å². The molecule has 0 saturated carbocycles. The van der Waals surface area contributed by atoms with E-state index in [2.05, 4.69) is 15.3 Å². The largest absolute Gasteiger partial charge is 0.472 e. The van der Waals surface area contributed by atoms with Crippen LogP contribution in [0, 0.1) is 10.1 Å². The Morgan fingerprint density at radius 1 is 1.50 bits per heavy atom. The van der Waals surface area contributed by atoms with E-state index in [1.54, 1.807) is 13.1 Å². The molecule has 0 spiro atoms. The minimum absolute atomic E-state index is 0.161. The lowest BCUT2D eigenvalue weighted by Gasteiger charge is -2.03. The minimum atomic E-state index is -0.520. The van der Waals surface area contributed by atoms with Gasteiger partial charge in [-0.2, -0.15) is 0 Å². The molecule has 0 atom stereocenters. The maximum atomic E-state index is 11.0. The molecule has 0 aliphatic rings. The maximum absolute atomic E-state index is 11.0. The van der Waals surface area contributed by atoms with Gasteiger partial charge in [0.2, 0.25) is 5.82 Å². The molecule has 2 aromatic rings. The van der Waals surface area contributed by atoms with Crippen LogP contribution in [0.15, 0.2) is 29.3 Å². The summed E-state index contributed by atoms with van der Waals surface area (Å²) in [5.41, 5.74) is 0.620. The van der Waals surface area contributed by atoms with Gasteiger partial charge in [-0.15, -0.1) is 0 Å². The van der Waals surface area contributed by atoms with Crippen molar-refractivity contribution in [3.63, 3.8) is 0 Å². The van der Waals surface area contributed by atoms with E-state index in [0.29, 0.717) is 5.56 Å². The van der Waals surface area contributed by atoms with E-state index in [1.807, 2.05) is 0 Å². The highest BCUT2D eigenvalue weighted by Gasteiger charge is 2.23. The molecule has 82 valence electrons. The summed E-state index contributed by atoms with van der Waals surface area (Å²) in [6, 6.07) is 1.61. The van der Waals surface area contributed by atoms with Crippen LogP contribution in [-0.2, 0) is 0 Å². The third-order valence-electron chi connectivity index (χ3n) is 2.04. The Hall–Kier alpha value is -2.44. The summed E-state index contributed by atoms with van der Waals surface area (Å²) in [6.45, 7) is 0. The smallest absolute Gasteiger partial charge is 0.337 e. The molecular formula is C9H8N4O3. The van der Waals surface area contributed by atoms with Crippen molar-refractivity contribution < 1.29 is 9.34 Å². The molecule has 2 heterocycles. The van der Waals surface area contributed by atoms with Crippen LogP contribution in [-0.4, -0.2) is 21.9 Å². The first kappa shape index (κ1) is 10.1. The van der Waals surface area contributed by atoms with E-state index in [9.17, 15) is 10.1 Å². The number of aromatic nitrogens is 2. The fourth-order valence-electron chi connectivity index (χ4n) is 1.35. The first-order valence-corrected chi connectivity index (χ1v) is 4.43. The quantitative estimate of drug-likeness (QED) is 0.624. The van der Waals surface area contributed by atoms with Gasteiger partial charge in [0.05, 0.1) is 17.4 Å². The highest BCUT2D eigenvalue weighted by atomic mass is 16.6. The van der Waals surface area contributed by atoms with Gasteiger partial charge < -0.3 is 9.73 Å². The fraction of sp³-hybridized carbons (Fsp3) is 0.111. The van der Waals surface area contributed by atoms with Crippen LogP contribution >= 0.6 is 0 Å². The summed E-state index contributed by atoms with van der Waals surface area (Å²) in [5, 5.41) is 13.6. The molecule has 0 aliphatic carbocycles. The Kier molecular flexibility index (Phi) is 2.50. The van der Waals surface area contributed by atoms with Crippen molar-refractivity contribution in [2.45, 2.75) is 0 Å². The van der Waals surface area contributed by atoms with Gasteiger partial charge >= 0.3 is 5.69 Å². The van der Waals surface area contributed by atoms with Gasteiger partial charge in [-0.1, -0.05) is 0 Å². The minimum Gasteiger partial charge on any atom is -0.472 e. The van der Waals surface area contributed by atoms with E-state index >= 15 is 0 Å². The van der Waals surface area contributed by atoms with Gasteiger partial charge in [0, 0.05) is 12.6 Å². The lowest BCUT2D eigenvalue weighted by molar-refractivity contribution is -0.383. The number of furan rings is 1. The van der Waals surface area contributed by atoms with E-state index in [-0.39, 0.29) is 17.2 Å². The third kappa shape index (κ3) is 1.58. The average Bonchev–Trinajstić information content (AvgIpc) is 2.81. The first-order chi connectivity index (χ1) is 7.74. The zero-order valence-electron chi connectivity index (χ0n) is 8.38. The molecule has 7 nitrogen and oxygen atoms in total. The molecule has 0 unspecified atom stereocenters. The molecular weight excluding hydrogens is 212 g/mol. The van der Waals surface area contributed by atoms with Crippen molar-refractivity contribution in [1.29, 1.82) is 0 Å². The predicted octanol–water partition coefficient (Wildman–Crippen LogP) is 1.69. The lowest BCUT2D eigenvalue weighted by Crippen LogP contribution is -2.02. The van der Waals surface area contributed by atoms with Gasteiger partial charge in [-0.25, -0.2) is 9.97 Å². The van der Waals surface area contributed by atoms with Gasteiger partial charge in [-0.05, 0) is 6.07 Å². The van der Waals surface area contributed by atoms with Crippen LogP contribution in [0.4, 0.5) is 11.5 Å². The molecule has 0 aromatic carbocycles. The van der Waals surface area contributed by atoms with Gasteiger partial charge in [0.25, 0.3) is 0 Å². The zero-order chi connectivity index (χ0) is 11.5. The molecule has 0 fully saturated rings. The molecule has 0 saturated heterocycles.